The van der Waals surface area contributed by atoms with Gasteiger partial charge in [0.05, 0.1) is 17.0 Å². The van der Waals surface area contributed by atoms with Crippen molar-refractivity contribution in [2.45, 2.75) is 88.3 Å². The second-order valence-electron chi connectivity index (χ2n) is 10.9. The fraction of sp³-hybridized carbons (Fsp3) is 0.500. The average molecular weight is 522 g/mol. The fourth-order valence-electron chi connectivity index (χ4n) is 4.56. The molecule has 0 radical (unpaired) electrons. The monoisotopic (exact) mass is 521 g/mol. The summed E-state index contributed by atoms with van der Waals surface area (Å²) in [4.78, 5) is 30.3. The first kappa shape index (κ1) is 27.4. The molecule has 1 saturated heterocycles. The molecule has 1 aromatic heterocycles. The van der Waals surface area contributed by atoms with Gasteiger partial charge in [-0.05, 0) is 54.4 Å². The molecule has 0 unspecified atom stereocenters. The SMILES string of the molecule is CC(C)(C)c1ccc(CSc2nc3ccccc3c(=O)n2CCCCCC(=O)NC[C@H]2CCCO2)cc1. The Balaban J connectivity index is 1.35. The highest BCUT2D eigenvalue weighted by Crippen LogP contribution is 2.26. The van der Waals surface area contributed by atoms with Crippen LogP contribution < -0.4 is 10.9 Å². The average Bonchev–Trinajstić information content (AvgIpc) is 3.41. The van der Waals surface area contributed by atoms with E-state index in [0.29, 0.717) is 24.9 Å². The summed E-state index contributed by atoms with van der Waals surface area (Å²) in [5, 5.41) is 4.38. The Morgan fingerprint density at radius 3 is 2.62 bits per heavy atom. The molecule has 2 aromatic carbocycles. The summed E-state index contributed by atoms with van der Waals surface area (Å²) in [6, 6.07) is 16.3. The van der Waals surface area contributed by atoms with Crippen LogP contribution in [0.2, 0.25) is 0 Å². The number of hydrogen-bond donors (Lipinski definition) is 1. The summed E-state index contributed by atoms with van der Waals surface area (Å²) in [6.07, 6.45) is 5.28. The van der Waals surface area contributed by atoms with Crippen molar-refractivity contribution in [3.05, 3.63) is 70.0 Å². The minimum absolute atomic E-state index is 0.00508. The Morgan fingerprint density at radius 2 is 1.89 bits per heavy atom. The number of benzene rings is 2. The highest BCUT2D eigenvalue weighted by molar-refractivity contribution is 7.98. The highest BCUT2D eigenvalue weighted by atomic mass is 32.2. The lowest BCUT2D eigenvalue weighted by molar-refractivity contribution is -0.121. The van der Waals surface area contributed by atoms with Crippen molar-refractivity contribution in [3.63, 3.8) is 0 Å². The molecule has 0 aliphatic carbocycles. The predicted octanol–water partition coefficient (Wildman–Crippen LogP) is 5.84. The Morgan fingerprint density at radius 1 is 1.11 bits per heavy atom. The fourth-order valence-corrected chi connectivity index (χ4v) is 5.54. The number of rotatable bonds is 11. The van der Waals surface area contributed by atoms with E-state index in [0.717, 1.165) is 55.1 Å². The second kappa shape index (κ2) is 12.7. The van der Waals surface area contributed by atoms with Gasteiger partial charge in [0.25, 0.3) is 5.56 Å². The zero-order chi connectivity index (χ0) is 26.3. The van der Waals surface area contributed by atoms with Crippen LogP contribution in [0.4, 0.5) is 0 Å². The van der Waals surface area contributed by atoms with Gasteiger partial charge < -0.3 is 10.1 Å². The maximum atomic E-state index is 13.3. The number of fused-ring (bicyclic) bond motifs is 1. The zero-order valence-corrected chi connectivity index (χ0v) is 23.1. The van der Waals surface area contributed by atoms with Crippen LogP contribution in [0.5, 0.6) is 0 Å². The van der Waals surface area contributed by atoms with E-state index in [9.17, 15) is 9.59 Å². The number of unbranched alkanes of at least 4 members (excludes halogenated alkanes) is 2. The van der Waals surface area contributed by atoms with Crippen LogP contribution in [0.1, 0.15) is 70.4 Å². The lowest BCUT2D eigenvalue weighted by Gasteiger charge is -2.19. The Kier molecular flexibility index (Phi) is 9.43. The van der Waals surface area contributed by atoms with Crippen LogP contribution in [0.15, 0.2) is 58.5 Å². The molecule has 1 atom stereocenters. The summed E-state index contributed by atoms with van der Waals surface area (Å²) in [5.41, 5.74) is 3.38. The van der Waals surface area contributed by atoms with Crippen LogP contribution in [0.3, 0.4) is 0 Å². The van der Waals surface area contributed by atoms with E-state index < -0.39 is 0 Å². The van der Waals surface area contributed by atoms with Gasteiger partial charge in [-0.2, -0.15) is 0 Å². The van der Waals surface area contributed by atoms with E-state index in [1.54, 1.807) is 11.8 Å². The molecule has 37 heavy (non-hydrogen) atoms. The summed E-state index contributed by atoms with van der Waals surface area (Å²) in [7, 11) is 0. The second-order valence-corrected chi connectivity index (χ2v) is 11.8. The van der Waals surface area contributed by atoms with Crippen molar-refractivity contribution in [2.24, 2.45) is 0 Å². The van der Waals surface area contributed by atoms with Crippen LogP contribution >= 0.6 is 11.8 Å². The smallest absolute Gasteiger partial charge is 0.262 e. The number of carbonyl (C=O) groups excluding carboxylic acids is 1. The first-order valence-corrected chi connectivity index (χ1v) is 14.4. The number of hydrogen-bond acceptors (Lipinski definition) is 5. The molecule has 4 rings (SSSR count). The van der Waals surface area contributed by atoms with E-state index in [4.69, 9.17) is 9.72 Å². The van der Waals surface area contributed by atoms with Crippen LogP contribution in [-0.4, -0.2) is 34.7 Å². The molecule has 1 amide bonds. The van der Waals surface area contributed by atoms with Crippen molar-refractivity contribution >= 4 is 28.6 Å². The molecule has 0 saturated carbocycles. The Labute approximate surface area is 224 Å². The van der Waals surface area contributed by atoms with E-state index in [1.807, 2.05) is 28.8 Å². The molecule has 1 aliphatic rings. The minimum Gasteiger partial charge on any atom is -0.376 e. The van der Waals surface area contributed by atoms with Crippen molar-refractivity contribution in [1.82, 2.24) is 14.9 Å². The van der Waals surface area contributed by atoms with Gasteiger partial charge in [0.2, 0.25) is 5.91 Å². The number of ether oxygens (including phenoxy) is 1. The lowest BCUT2D eigenvalue weighted by atomic mass is 9.87. The first-order chi connectivity index (χ1) is 17.8. The summed E-state index contributed by atoms with van der Waals surface area (Å²) in [5.74, 6) is 0.828. The maximum Gasteiger partial charge on any atom is 0.262 e. The number of aromatic nitrogens is 2. The molecular formula is C30H39N3O3S. The number of para-hydroxylation sites is 1. The maximum absolute atomic E-state index is 13.3. The standard InChI is InChI=1S/C30H39N3O3S/c1-30(2,3)23-16-14-22(15-17-23)21-37-29-32-26-12-7-6-11-25(26)28(35)33(29)18-8-4-5-13-27(34)31-20-24-10-9-19-36-24/h6-7,11-12,14-17,24H,4-5,8-10,13,18-21H2,1-3H3,(H,31,34)/t24-/m1/s1. The third-order valence-electron chi connectivity index (χ3n) is 6.85. The topological polar surface area (TPSA) is 73.2 Å². The Hall–Kier alpha value is -2.64. The first-order valence-electron chi connectivity index (χ1n) is 13.4. The molecule has 6 nitrogen and oxygen atoms in total. The van der Waals surface area contributed by atoms with E-state index >= 15 is 0 Å². The number of nitrogens with zero attached hydrogens (tertiary/aromatic N) is 2. The van der Waals surface area contributed by atoms with Crippen molar-refractivity contribution in [1.29, 1.82) is 0 Å². The number of thioether (sulfide) groups is 1. The van der Waals surface area contributed by atoms with Crippen molar-refractivity contribution in [3.8, 4) is 0 Å². The van der Waals surface area contributed by atoms with E-state index in [-0.39, 0.29) is 23.0 Å². The molecule has 198 valence electrons. The van der Waals surface area contributed by atoms with Gasteiger partial charge in [0, 0.05) is 31.9 Å². The van der Waals surface area contributed by atoms with Gasteiger partial charge in [-0.15, -0.1) is 0 Å². The third-order valence-corrected chi connectivity index (χ3v) is 7.90. The van der Waals surface area contributed by atoms with E-state index in [2.05, 4.69) is 50.4 Å². The number of amides is 1. The normalized spacial score (nSPS) is 15.8. The highest BCUT2D eigenvalue weighted by Gasteiger charge is 2.16. The van der Waals surface area contributed by atoms with Gasteiger partial charge in [-0.25, -0.2) is 4.98 Å². The molecule has 3 aromatic rings. The molecule has 1 N–H and O–H groups in total. The van der Waals surface area contributed by atoms with Crippen LogP contribution in [0, 0.1) is 0 Å². The van der Waals surface area contributed by atoms with Gasteiger partial charge in [0.15, 0.2) is 5.16 Å². The van der Waals surface area contributed by atoms with Gasteiger partial charge in [-0.1, -0.05) is 75.4 Å². The molecule has 2 heterocycles. The quantitative estimate of drug-likeness (QED) is 0.195. The third kappa shape index (κ3) is 7.68. The summed E-state index contributed by atoms with van der Waals surface area (Å²) >= 11 is 1.61. The van der Waals surface area contributed by atoms with Gasteiger partial charge in [0.1, 0.15) is 0 Å². The number of carbonyl (C=O) groups is 1. The molecule has 0 bridgehead atoms. The predicted molar refractivity (Wildman–Crippen MR) is 151 cm³/mol. The molecule has 1 fully saturated rings. The molecule has 0 spiro atoms. The van der Waals surface area contributed by atoms with Gasteiger partial charge >= 0.3 is 0 Å². The lowest BCUT2D eigenvalue weighted by Crippen LogP contribution is -2.31. The number of nitrogens with one attached hydrogen (secondary N) is 1. The summed E-state index contributed by atoms with van der Waals surface area (Å²) in [6.45, 7) is 8.65. The van der Waals surface area contributed by atoms with E-state index in [1.165, 1.54) is 11.1 Å². The van der Waals surface area contributed by atoms with Gasteiger partial charge in [-0.3, -0.25) is 14.2 Å². The minimum atomic E-state index is 0.00508. The summed E-state index contributed by atoms with van der Waals surface area (Å²) < 4.78 is 7.37. The van der Waals surface area contributed by atoms with Crippen LogP contribution in [-0.2, 0) is 27.2 Å². The molecular weight excluding hydrogens is 482 g/mol. The Bertz CT molecular complexity index is 1240. The van der Waals surface area contributed by atoms with Crippen molar-refractivity contribution in [2.75, 3.05) is 13.2 Å². The zero-order valence-electron chi connectivity index (χ0n) is 22.3. The van der Waals surface area contributed by atoms with Crippen molar-refractivity contribution < 1.29 is 9.53 Å². The largest absolute Gasteiger partial charge is 0.376 e. The molecule has 7 heteroatoms. The van der Waals surface area contributed by atoms with Crippen LogP contribution in [0.25, 0.3) is 10.9 Å². The molecule has 1 aliphatic heterocycles.